The Morgan fingerprint density at radius 2 is 1.28 bits per heavy atom. The van der Waals surface area contributed by atoms with E-state index in [2.05, 4.69) is 56.3 Å². The van der Waals surface area contributed by atoms with E-state index in [4.69, 9.17) is 4.98 Å². The molecule has 6 rings (SSSR count). The molecule has 6 heterocycles. The molecule has 4 aromatic heterocycles. The van der Waals surface area contributed by atoms with Gasteiger partial charge in [-0.3, -0.25) is 0 Å². The van der Waals surface area contributed by atoms with Gasteiger partial charge < -0.3 is 15.0 Å². The maximum Gasteiger partial charge on any atom is 0.0659 e. The maximum absolute atomic E-state index is 4.74. The molecule has 2 aliphatic heterocycles. The van der Waals surface area contributed by atoms with E-state index in [-0.39, 0.29) is 0 Å². The van der Waals surface area contributed by atoms with E-state index in [1.807, 2.05) is 48.8 Å². The molecule has 5 heteroatoms. The number of H-pyrrole nitrogens is 3. The van der Waals surface area contributed by atoms with E-state index in [9.17, 15) is 0 Å². The minimum absolute atomic E-state index is 0.900. The Morgan fingerprint density at radius 3 is 2.00 bits per heavy atom. The summed E-state index contributed by atoms with van der Waals surface area (Å²) in [6, 6.07) is 16.6. The van der Waals surface area contributed by atoms with Gasteiger partial charge >= 0.3 is 0 Å². The number of fused-ring (bicyclic) bond motifs is 8. The summed E-state index contributed by atoms with van der Waals surface area (Å²) in [5.41, 5.74) is 10.0. The molecule has 0 saturated heterocycles. The second kappa shape index (κ2) is 6.21. The first-order valence-corrected chi connectivity index (χ1v) is 9.50. The minimum Gasteiger partial charge on any atom is -0.367 e. The van der Waals surface area contributed by atoms with Gasteiger partial charge in [-0.15, -0.1) is 0 Å². The molecule has 0 aliphatic carbocycles. The molecule has 2 aliphatic rings. The zero-order valence-corrected chi connectivity index (χ0v) is 15.5. The average Bonchev–Trinajstić information content (AvgIpc) is 3.50. The summed E-state index contributed by atoms with van der Waals surface area (Å²) < 4.78 is 0. The zero-order valence-electron chi connectivity index (χ0n) is 15.5. The summed E-state index contributed by atoms with van der Waals surface area (Å²) in [5, 5.41) is 0. The Balaban J connectivity index is 1.70. The highest BCUT2D eigenvalue weighted by atomic mass is 14.8. The van der Waals surface area contributed by atoms with E-state index in [1.54, 1.807) is 0 Å². The van der Waals surface area contributed by atoms with E-state index in [1.165, 1.54) is 0 Å². The summed E-state index contributed by atoms with van der Waals surface area (Å²) >= 11 is 0. The van der Waals surface area contributed by atoms with E-state index >= 15 is 0 Å². The lowest BCUT2D eigenvalue weighted by Gasteiger charge is -1.92. The van der Waals surface area contributed by atoms with Crippen LogP contribution in [0, 0.1) is 0 Å². The molecule has 4 aromatic rings. The maximum atomic E-state index is 4.74. The molecule has 0 radical (unpaired) electrons. The van der Waals surface area contributed by atoms with Gasteiger partial charge in [0.15, 0.2) is 0 Å². The fourth-order valence-electron chi connectivity index (χ4n) is 3.75. The molecular formula is C24H17N5. The summed E-state index contributed by atoms with van der Waals surface area (Å²) in [5.74, 6) is 0. The Hall–Kier alpha value is -4.12. The summed E-state index contributed by atoms with van der Waals surface area (Å²) in [7, 11) is 0. The van der Waals surface area contributed by atoms with Crippen molar-refractivity contribution in [2.24, 2.45) is 0 Å². The topological polar surface area (TPSA) is 73.2 Å². The normalized spacial score (nSPS) is 12.6. The number of hydrogen-bond donors (Lipinski definition) is 3. The Labute approximate surface area is 166 Å². The lowest BCUT2D eigenvalue weighted by Crippen LogP contribution is -1.78. The number of nitrogens with one attached hydrogen (secondary N) is 3. The largest absolute Gasteiger partial charge is 0.367 e. The Bertz CT molecular complexity index is 1450. The van der Waals surface area contributed by atoms with Gasteiger partial charge in [-0.1, -0.05) is 0 Å². The molecule has 0 amide bonds. The predicted molar refractivity (Wildman–Crippen MR) is 119 cm³/mol. The molecule has 138 valence electrons. The van der Waals surface area contributed by atoms with Crippen molar-refractivity contribution in [2.75, 3.05) is 0 Å². The molecule has 0 spiro atoms. The predicted octanol–water partition coefficient (Wildman–Crippen LogP) is 5.65. The first-order chi connectivity index (χ1) is 14.3. The van der Waals surface area contributed by atoms with E-state index in [0.717, 1.165) is 56.0 Å². The van der Waals surface area contributed by atoms with Crippen molar-refractivity contribution in [1.82, 2.24) is 24.9 Å². The third kappa shape index (κ3) is 2.99. The molecule has 29 heavy (non-hydrogen) atoms. The number of rotatable bonds is 1. The van der Waals surface area contributed by atoms with Crippen molar-refractivity contribution in [3.8, 4) is 11.1 Å². The standard InChI is InChI=1S/C24H17N5/c1-2-17-10-19-5-6-21(28-19)13-24-23(15-7-8-25-14-15)12-22(29-24)11-20-4-3-18(27-20)9-16(1)26-17/h1-14,25,27,29H. The second-order valence-electron chi connectivity index (χ2n) is 7.19. The molecule has 5 nitrogen and oxygen atoms in total. The van der Waals surface area contributed by atoms with Crippen LogP contribution in [0.25, 0.3) is 57.5 Å². The third-order valence-electron chi connectivity index (χ3n) is 5.08. The summed E-state index contributed by atoms with van der Waals surface area (Å²) in [6.07, 6.45) is 12.0. The Morgan fingerprint density at radius 1 is 0.586 bits per heavy atom. The first kappa shape index (κ1) is 15.9. The number of aromatic nitrogens is 5. The van der Waals surface area contributed by atoms with Crippen LogP contribution in [0.1, 0.15) is 22.8 Å². The smallest absolute Gasteiger partial charge is 0.0659 e. The highest BCUT2D eigenvalue weighted by molar-refractivity contribution is 5.87. The molecule has 0 unspecified atom stereocenters. The molecule has 0 saturated carbocycles. The van der Waals surface area contributed by atoms with Gasteiger partial charge in [-0.25, -0.2) is 9.97 Å². The lowest BCUT2D eigenvalue weighted by atomic mass is 10.1. The second-order valence-corrected chi connectivity index (χ2v) is 7.19. The average molecular weight is 375 g/mol. The molecule has 3 N–H and O–H groups in total. The van der Waals surface area contributed by atoms with Crippen LogP contribution < -0.4 is 0 Å². The quantitative estimate of drug-likeness (QED) is 0.347. The van der Waals surface area contributed by atoms with Gasteiger partial charge in [0.05, 0.1) is 22.8 Å². The molecule has 8 bridgehead atoms. The van der Waals surface area contributed by atoms with Crippen LogP contribution >= 0.6 is 0 Å². The fraction of sp³-hybridized carbons (Fsp3) is 0. The monoisotopic (exact) mass is 375 g/mol. The van der Waals surface area contributed by atoms with Crippen molar-refractivity contribution < 1.29 is 0 Å². The fourth-order valence-corrected chi connectivity index (χ4v) is 3.75. The van der Waals surface area contributed by atoms with Crippen LogP contribution in [0.15, 0.2) is 60.9 Å². The van der Waals surface area contributed by atoms with Gasteiger partial charge in [-0.05, 0) is 72.8 Å². The molecule has 0 aromatic carbocycles. The van der Waals surface area contributed by atoms with Crippen LogP contribution in [0.3, 0.4) is 0 Å². The number of aromatic amines is 3. The summed E-state index contributed by atoms with van der Waals surface area (Å²) in [4.78, 5) is 19.5. The summed E-state index contributed by atoms with van der Waals surface area (Å²) in [6.45, 7) is 0. The van der Waals surface area contributed by atoms with Gasteiger partial charge in [0, 0.05) is 45.6 Å². The minimum atomic E-state index is 0.900. The van der Waals surface area contributed by atoms with Gasteiger partial charge in [-0.2, -0.15) is 0 Å². The van der Waals surface area contributed by atoms with Crippen LogP contribution in [0.4, 0.5) is 0 Å². The SMILES string of the molecule is C1=Cc2cc3ccc(cc4cc(-c5cc[nH]c5)c(cc5nc(cc1n2)C=C5)[nH]4)[nH]3. The highest BCUT2D eigenvalue weighted by Crippen LogP contribution is 2.27. The van der Waals surface area contributed by atoms with Crippen molar-refractivity contribution in [3.05, 3.63) is 83.7 Å². The highest BCUT2D eigenvalue weighted by Gasteiger charge is 2.07. The van der Waals surface area contributed by atoms with Gasteiger partial charge in [0.25, 0.3) is 0 Å². The van der Waals surface area contributed by atoms with E-state index in [0.29, 0.717) is 0 Å². The lowest BCUT2D eigenvalue weighted by molar-refractivity contribution is 1.28. The van der Waals surface area contributed by atoms with Crippen molar-refractivity contribution in [2.45, 2.75) is 0 Å². The number of nitrogens with zero attached hydrogens (tertiary/aromatic N) is 2. The van der Waals surface area contributed by atoms with Crippen LogP contribution in [0.5, 0.6) is 0 Å². The zero-order chi connectivity index (χ0) is 19.2. The van der Waals surface area contributed by atoms with E-state index < -0.39 is 0 Å². The van der Waals surface area contributed by atoms with Crippen LogP contribution in [0.2, 0.25) is 0 Å². The third-order valence-corrected chi connectivity index (χ3v) is 5.08. The van der Waals surface area contributed by atoms with Crippen LogP contribution in [-0.4, -0.2) is 24.9 Å². The molecule has 0 atom stereocenters. The molecule has 0 fully saturated rings. The van der Waals surface area contributed by atoms with Crippen molar-refractivity contribution in [3.63, 3.8) is 0 Å². The van der Waals surface area contributed by atoms with Gasteiger partial charge in [0.1, 0.15) is 0 Å². The first-order valence-electron chi connectivity index (χ1n) is 9.50. The van der Waals surface area contributed by atoms with Crippen molar-refractivity contribution >= 4 is 46.4 Å². The van der Waals surface area contributed by atoms with Crippen LogP contribution in [-0.2, 0) is 0 Å². The Kier molecular flexibility index (Phi) is 3.40. The van der Waals surface area contributed by atoms with Gasteiger partial charge in [0.2, 0.25) is 0 Å². The number of hydrogen-bond acceptors (Lipinski definition) is 2. The molecular weight excluding hydrogens is 358 g/mol. The van der Waals surface area contributed by atoms with Crippen molar-refractivity contribution in [1.29, 1.82) is 0 Å².